The molecule has 0 atom stereocenters. The van der Waals surface area contributed by atoms with Crippen LogP contribution in [-0.2, 0) is 0 Å². The van der Waals surface area contributed by atoms with Gasteiger partial charge >= 0.3 is 0 Å². The van der Waals surface area contributed by atoms with Crippen LogP contribution in [0.15, 0.2) is 0 Å². The third kappa shape index (κ3) is 0.890. The van der Waals surface area contributed by atoms with Crippen molar-refractivity contribution in [1.82, 2.24) is 4.98 Å². The fourth-order valence-electron chi connectivity index (χ4n) is 0.397. The number of rotatable bonds is 0. The largest absolute Gasteiger partial charge is 0.225 e. The normalized spacial score (nSPS) is 9.75. The highest BCUT2D eigenvalue weighted by atomic mass is 32.1. The van der Waals surface area contributed by atoms with E-state index in [9.17, 15) is 4.39 Å². The minimum Gasteiger partial charge on any atom is -0.225 e. The highest BCUT2D eigenvalue weighted by molar-refractivity contribution is 7.19. The van der Waals surface area contributed by atoms with E-state index in [0.29, 0.717) is 9.78 Å². The molecule has 0 saturated carbocycles. The highest BCUT2D eigenvalue weighted by Gasteiger charge is 1.99. The fourth-order valence-corrected chi connectivity index (χ4v) is 0.967. The summed E-state index contributed by atoms with van der Waals surface area (Å²) in [7, 11) is 5.15. The summed E-state index contributed by atoms with van der Waals surface area (Å²) in [5, 5.41) is 0. The molecule has 0 fully saturated rings. The number of aryl methyl sites for hydroxylation is 1. The monoisotopic (exact) mass is 127 g/mol. The van der Waals surface area contributed by atoms with Crippen molar-refractivity contribution in [3.8, 4) is 0 Å². The minimum absolute atomic E-state index is 0.292. The predicted molar refractivity (Wildman–Crippen MR) is 32.2 cm³/mol. The van der Waals surface area contributed by atoms with Crippen molar-refractivity contribution in [2.75, 3.05) is 0 Å². The molecule has 1 aromatic heterocycles. The first-order valence-electron chi connectivity index (χ1n) is 2.08. The van der Waals surface area contributed by atoms with E-state index in [1.165, 1.54) is 0 Å². The van der Waals surface area contributed by atoms with Crippen molar-refractivity contribution in [2.45, 2.75) is 6.92 Å². The van der Waals surface area contributed by atoms with Crippen LogP contribution in [0.25, 0.3) is 0 Å². The molecule has 0 amide bonds. The maximum absolute atomic E-state index is 12.2. The molecule has 2 radical (unpaired) electrons. The lowest BCUT2D eigenvalue weighted by Crippen LogP contribution is -1.97. The third-order valence-electron chi connectivity index (χ3n) is 0.757. The van der Waals surface area contributed by atoms with Crippen molar-refractivity contribution in [3.05, 3.63) is 10.8 Å². The smallest absolute Gasteiger partial charge is 0.225 e. The number of thiazole rings is 1. The van der Waals surface area contributed by atoms with Gasteiger partial charge in [-0.2, -0.15) is 4.39 Å². The molecule has 8 heavy (non-hydrogen) atoms. The Hall–Kier alpha value is -0.375. The molecule has 0 N–H and O–H groups in total. The van der Waals surface area contributed by atoms with Crippen LogP contribution in [0.1, 0.15) is 4.88 Å². The van der Waals surface area contributed by atoms with Gasteiger partial charge in [0.05, 0.1) is 4.88 Å². The molecule has 0 aromatic carbocycles. The molecule has 0 unspecified atom stereocenters. The average molecular weight is 127 g/mol. The molecular formula is C4H3BFNS. The molecule has 1 nitrogen and oxygen atoms in total. The van der Waals surface area contributed by atoms with Crippen LogP contribution in [0, 0.1) is 12.9 Å². The van der Waals surface area contributed by atoms with Gasteiger partial charge in [0.25, 0.3) is 0 Å². The lowest BCUT2D eigenvalue weighted by atomic mass is 10.2. The molecule has 0 aliphatic heterocycles. The molecule has 0 spiro atoms. The van der Waals surface area contributed by atoms with Crippen LogP contribution in [-0.4, -0.2) is 12.8 Å². The summed E-state index contributed by atoms with van der Waals surface area (Å²) < 4.78 is 12.2. The van der Waals surface area contributed by atoms with Gasteiger partial charge in [0.15, 0.2) is 7.85 Å². The van der Waals surface area contributed by atoms with Gasteiger partial charge in [-0.15, -0.1) is 11.3 Å². The predicted octanol–water partition coefficient (Wildman–Crippen LogP) is 0.384. The second-order valence-electron chi connectivity index (χ2n) is 1.40. The Morgan fingerprint density at radius 1 is 1.75 bits per heavy atom. The maximum atomic E-state index is 12.2. The summed E-state index contributed by atoms with van der Waals surface area (Å²) >= 11 is 1.16. The van der Waals surface area contributed by atoms with Crippen LogP contribution in [0.2, 0.25) is 0 Å². The van der Waals surface area contributed by atoms with Gasteiger partial charge in [0.2, 0.25) is 5.95 Å². The van der Waals surface area contributed by atoms with E-state index in [0.717, 1.165) is 11.3 Å². The van der Waals surface area contributed by atoms with E-state index in [1.807, 2.05) is 0 Å². The Morgan fingerprint density at radius 2 is 2.38 bits per heavy atom. The first-order chi connectivity index (χ1) is 3.70. The second kappa shape index (κ2) is 1.86. The van der Waals surface area contributed by atoms with Crippen LogP contribution >= 0.6 is 11.3 Å². The second-order valence-corrected chi connectivity index (χ2v) is 2.63. The molecule has 0 bridgehead atoms. The summed E-state index contributed by atoms with van der Waals surface area (Å²) in [6, 6.07) is 0. The fraction of sp³-hybridized carbons (Fsp3) is 0.250. The van der Waals surface area contributed by atoms with Crippen LogP contribution in [0.4, 0.5) is 4.39 Å². The Kier molecular flexibility index (Phi) is 1.34. The minimum atomic E-state index is -0.451. The van der Waals surface area contributed by atoms with Crippen molar-refractivity contribution in [2.24, 2.45) is 0 Å². The van der Waals surface area contributed by atoms with Crippen LogP contribution in [0.5, 0.6) is 0 Å². The third-order valence-corrected chi connectivity index (χ3v) is 1.53. The SMILES string of the molecule is [B]c1nc(F)c(C)s1. The topological polar surface area (TPSA) is 12.9 Å². The molecule has 0 aliphatic carbocycles. The van der Waals surface area contributed by atoms with Gasteiger partial charge in [-0.3, -0.25) is 0 Å². The van der Waals surface area contributed by atoms with Gasteiger partial charge in [-0.25, -0.2) is 4.98 Å². The summed E-state index contributed by atoms with van der Waals surface area (Å²) in [4.78, 5) is 4.18. The van der Waals surface area contributed by atoms with E-state index < -0.39 is 5.95 Å². The first-order valence-corrected chi connectivity index (χ1v) is 2.90. The summed E-state index contributed by atoms with van der Waals surface area (Å²) in [6.07, 6.45) is 0. The molecule has 0 saturated heterocycles. The Bertz CT molecular complexity index is 178. The van der Waals surface area contributed by atoms with Crippen molar-refractivity contribution in [1.29, 1.82) is 0 Å². The number of halogens is 1. The molecule has 40 valence electrons. The maximum Gasteiger partial charge on any atom is 0.225 e. The zero-order valence-corrected chi connectivity index (χ0v) is 5.13. The number of aromatic nitrogens is 1. The lowest BCUT2D eigenvalue weighted by Gasteiger charge is -1.72. The Labute approximate surface area is 52.0 Å². The van der Waals surface area contributed by atoms with Gasteiger partial charge in [-0.1, -0.05) is 0 Å². The quantitative estimate of drug-likeness (QED) is 0.459. The van der Waals surface area contributed by atoms with E-state index in [4.69, 9.17) is 7.85 Å². The molecule has 4 heteroatoms. The van der Waals surface area contributed by atoms with Gasteiger partial charge in [-0.05, 0) is 6.92 Å². The van der Waals surface area contributed by atoms with E-state index in [-0.39, 0.29) is 0 Å². The molecule has 0 aliphatic rings. The lowest BCUT2D eigenvalue weighted by molar-refractivity contribution is 0.587. The number of nitrogens with zero attached hydrogens (tertiary/aromatic N) is 1. The average Bonchev–Trinajstić information content (AvgIpc) is 1.85. The van der Waals surface area contributed by atoms with Gasteiger partial charge in [0, 0.05) is 4.91 Å². The van der Waals surface area contributed by atoms with Crippen molar-refractivity contribution < 1.29 is 4.39 Å². The molecule has 1 aromatic rings. The summed E-state index contributed by atoms with van der Waals surface area (Å²) in [5.41, 5.74) is 0. The number of hydrogen-bond acceptors (Lipinski definition) is 2. The zero-order valence-electron chi connectivity index (χ0n) is 4.31. The van der Waals surface area contributed by atoms with Gasteiger partial charge < -0.3 is 0 Å². The standard InChI is InChI=1S/C4H3BFNS/c1-2-3(6)7-4(5)8-2/h1H3. The van der Waals surface area contributed by atoms with Crippen LogP contribution < -0.4 is 4.91 Å². The summed E-state index contributed by atoms with van der Waals surface area (Å²) in [5.74, 6) is -0.451. The highest BCUT2D eigenvalue weighted by Crippen LogP contribution is 2.04. The Balaban J connectivity index is 3.14. The summed E-state index contributed by atoms with van der Waals surface area (Å²) in [6.45, 7) is 1.64. The van der Waals surface area contributed by atoms with Gasteiger partial charge in [0.1, 0.15) is 0 Å². The molecular weight excluding hydrogens is 124 g/mol. The Morgan fingerprint density at radius 3 is 2.50 bits per heavy atom. The first kappa shape index (κ1) is 5.76. The zero-order chi connectivity index (χ0) is 6.15. The van der Waals surface area contributed by atoms with Crippen molar-refractivity contribution >= 4 is 24.1 Å². The van der Waals surface area contributed by atoms with Crippen LogP contribution in [0.3, 0.4) is 0 Å². The van der Waals surface area contributed by atoms with Crippen molar-refractivity contribution in [3.63, 3.8) is 0 Å². The van der Waals surface area contributed by atoms with E-state index >= 15 is 0 Å². The molecule has 1 rings (SSSR count). The van der Waals surface area contributed by atoms with E-state index in [2.05, 4.69) is 4.98 Å². The van der Waals surface area contributed by atoms with E-state index in [1.54, 1.807) is 6.92 Å². The molecule has 1 heterocycles. The number of hydrogen-bond donors (Lipinski definition) is 0.